The van der Waals surface area contributed by atoms with E-state index < -0.39 is 11.0 Å². The highest BCUT2D eigenvalue weighted by Crippen LogP contribution is 2.16. The summed E-state index contributed by atoms with van der Waals surface area (Å²) in [6, 6.07) is 12.8. The predicted molar refractivity (Wildman–Crippen MR) is 80.1 cm³/mol. The van der Waals surface area contributed by atoms with Crippen LogP contribution in [0.15, 0.2) is 48.5 Å². The zero-order chi connectivity index (χ0) is 15.2. The van der Waals surface area contributed by atoms with Crippen LogP contribution >= 0.6 is 0 Å². The molecule has 0 unspecified atom stereocenters. The lowest BCUT2D eigenvalue weighted by molar-refractivity contribution is -0.384. The molecule has 2 aromatic carbocycles. The summed E-state index contributed by atoms with van der Waals surface area (Å²) in [7, 11) is 0. The molecule has 4 N–H and O–H groups in total. The van der Waals surface area contributed by atoms with Crippen molar-refractivity contribution in [2.75, 3.05) is 10.6 Å². The second-order valence-corrected chi connectivity index (χ2v) is 4.34. The summed E-state index contributed by atoms with van der Waals surface area (Å²) in [5.41, 5.74) is 7.50. The first-order chi connectivity index (χ1) is 10.0. The maximum atomic E-state index is 10.7. The van der Waals surface area contributed by atoms with E-state index in [1.165, 1.54) is 12.1 Å². The fraction of sp³-hybridized carbons (Fsp3) is 0.0714. The van der Waals surface area contributed by atoms with Crippen LogP contribution in [0.5, 0.6) is 0 Å². The van der Waals surface area contributed by atoms with Gasteiger partial charge >= 0.3 is 6.03 Å². The summed E-state index contributed by atoms with van der Waals surface area (Å²) in [6.45, 7) is 0.564. The van der Waals surface area contributed by atoms with Gasteiger partial charge in [-0.3, -0.25) is 10.1 Å². The van der Waals surface area contributed by atoms with Gasteiger partial charge < -0.3 is 16.4 Å². The van der Waals surface area contributed by atoms with Crippen LogP contribution in [0.25, 0.3) is 0 Å². The van der Waals surface area contributed by atoms with E-state index in [2.05, 4.69) is 10.6 Å². The Hall–Kier alpha value is -3.09. The molecule has 0 saturated heterocycles. The standard InChI is InChI=1S/C14H14N4O3/c15-14(19)17-12-3-1-10(2-4-12)9-16-11-5-7-13(8-6-11)18(20)21/h1-8,16H,9H2,(H3,15,17,19). The highest BCUT2D eigenvalue weighted by atomic mass is 16.6. The number of hydrogen-bond donors (Lipinski definition) is 3. The van der Waals surface area contributed by atoms with Gasteiger partial charge in [0.1, 0.15) is 0 Å². The minimum Gasteiger partial charge on any atom is -0.381 e. The van der Waals surface area contributed by atoms with Gasteiger partial charge in [-0.2, -0.15) is 0 Å². The zero-order valence-electron chi connectivity index (χ0n) is 11.1. The smallest absolute Gasteiger partial charge is 0.316 e. The molecular weight excluding hydrogens is 272 g/mol. The van der Waals surface area contributed by atoms with Crippen molar-refractivity contribution in [2.24, 2.45) is 5.73 Å². The lowest BCUT2D eigenvalue weighted by Crippen LogP contribution is -2.19. The Morgan fingerprint density at radius 1 is 1.05 bits per heavy atom. The first-order valence-corrected chi connectivity index (χ1v) is 6.18. The van der Waals surface area contributed by atoms with Gasteiger partial charge in [0.15, 0.2) is 0 Å². The minimum absolute atomic E-state index is 0.0578. The number of primary amides is 1. The van der Waals surface area contributed by atoms with Crippen LogP contribution in [0, 0.1) is 10.1 Å². The largest absolute Gasteiger partial charge is 0.381 e. The summed E-state index contributed by atoms with van der Waals surface area (Å²) < 4.78 is 0. The van der Waals surface area contributed by atoms with Crippen LogP contribution < -0.4 is 16.4 Å². The lowest BCUT2D eigenvalue weighted by Gasteiger charge is -2.07. The maximum Gasteiger partial charge on any atom is 0.316 e. The number of nitrogens with two attached hydrogens (primary N) is 1. The van der Waals surface area contributed by atoms with Crippen LogP contribution in [-0.4, -0.2) is 11.0 Å². The van der Waals surface area contributed by atoms with Gasteiger partial charge in [0.25, 0.3) is 5.69 Å². The van der Waals surface area contributed by atoms with Crippen molar-refractivity contribution in [3.05, 3.63) is 64.2 Å². The minimum atomic E-state index is -0.605. The number of urea groups is 1. The van der Waals surface area contributed by atoms with E-state index in [0.29, 0.717) is 12.2 Å². The van der Waals surface area contributed by atoms with Crippen molar-refractivity contribution in [3.8, 4) is 0 Å². The molecule has 0 atom stereocenters. The SMILES string of the molecule is NC(=O)Nc1ccc(CNc2ccc([N+](=O)[O-])cc2)cc1. The number of benzene rings is 2. The number of nitrogens with zero attached hydrogens (tertiary/aromatic N) is 1. The molecule has 0 bridgehead atoms. The third-order valence-electron chi connectivity index (χ3n) is 2.80. The van der Waals surface area contributed by atoms with Crippen molar-refractivity contribution in [3.63, 3.8) is 0 Å². The number of hydrogen-bond acceptors (Lipinski definition) is 4. The first-order valence-electron chi connectivity index (χ1n) is 6.18. The molecule has 7 heteroatoms. The van der Waals surface area contributed by atoms with Gasteiger partial charge in [-0.25, -0.2) is 4.79 Å². The molecule has 2 rings (SSSR count). The number of amides is 2. The molecule has 0 aliphatic heterocycles. The van der Waals surface area contributed by atoms with Crippen LogP contribution in [0.3, 0.4) is 0 Å². The number of carbonyl (C=O) groups excluding carboxylic acids is 1. The molecule has 108 valence electrons. The number of carbonyl (C=O) groups is 1. The topological polar surface area (TPSA) is 110 Å². The summed E-state index contributed by atoms with van der Waals surface area (Å²) in [5.74, 6) is 0. The van der Waals surface area contributed by atoms with Gasteiger partial charge in [-0.05, 0) is 29.8 Å². The number of nitro benzene ring substituents is 1. The molecule has 0 saturated carbocycles. The van der Waals surface area contributed by atoms with Crippen LogP contribution in [-0.2, 0) is 6.54 Å². The molecule has 21 heavy (non-hydrogen) atoms. The lowest BCUT2D eigenvalue weighted by atomic mass is 10.2. The van der Waals surface area contributed by atoms with E-state index in [-0.39, 0.29) is 5.69 Å². The van der Waals surface area contributed by atoms with Crippen molar-refractivity contribution >= 4 is 23.1 Å². The van der Waals surface area contributed by atoms with Crippen LogP contribution in [0.4, 0.5) is 21.9 Å². The van der Waals surface area contributed by atoms with E-state index in [0.717, 1.165) is 11.3 Å². The fourth-order valence-electron chi connectivity index (χ4n) is 1.75. The molecule has 0 aromatic heterocycles. The number of anilines is 2. The van der Waals surface area contributed by atoms with Crippen molar-refractivity contribution < 1.29 is 9.72 Å². The third kappa shape index (κ3) is 4.20. The van der Waals surface area contributed by atoms with Crippen molar-refractivity contribution in [1.29, 1.82) is 0 Å². The Balaban J connectivity index is 1.93. The molecule has 2 aromatic rings. The molecular formula is C14H14N4O3. The normalized spacial score (nSPS) is 9.90. The second kappa shape index (κ2) is 6.38. The summed E-state index contributed by atoms with van der Waals surface area (Å²) in [4.78, 5) is 20.8. The predicted octanol–water partition coefficient (Wildman–Crippen LogP) is 2.70. The Bertz CT molecular complexity index is 638. The Morgan fingerprint density at radius 2 is 1.62 bits per heavy atom. The number of nitrogens with one attached hydrogen (secondary N) is 2. The highest BCUT2D eigenvalue weighted by Gasteiger charge is 2.03. The van der Waals surface area contributed by atoms with Gasteiger partial charge in [-0.15, -0.1) is 0 Å². The second-order valence-electron chi connectivity index (χ2n) is 4.34. The monoisotopic (exact) mass is 286 g/mol. The molecule has 7 nitrogen and oxygen atoms in total. The zero-order valence-corrected chi connectivity index (χ0v) is 11.1. The molecule has 0 heterocycles. The quantitative estimate of drug-likeness (QED) is 0.579. The molecule has 0 aliphatic rings. The Morgan fingerprint density at radius 3 is 2.14 bits per heavy atom. The average Bonchev–Trinajstić information content (AvgIpc) is 2.46. The van der Waals surface area contributed by atoms with Crippen molar-refractivity contribution in [1.82, 2.24) is 0 Å². The van der Waals surface area contributed by atoms with E-state index in [1.807, 2.05) is 12.1 Å². The molecule has 2 amide bonds. The van der Waals surface area contributed by atoms with Gasteiger partial charge in [0.05, 0.1) is 4.92 Å². The van der Waals surface area contributed by atoms with Crippen LogP contribution in [0.2, 0.25) is 0 Å². The van der Waals surface area contributed by atoms with E-state index in [9.17, 15) is 14.9 Å². The van der Waals surface area contributed by atoms with Crippen molar-refractivity contribution in [2.45, 2.75) is 6.54 Å². The average molecular weight is 286 g/mol. The Kier molecular flexibility index (Phi) is 4.35. The summed E-state index contributed by atoms with van der Waals surface area (Å²) in [6.07, 6.45) is 0. The van der Waals surface area contributed by atoms with E-state index >= 15 is 0 Å². The number of rotatable bonds is 5. The fourth-order valence-corrected chi connectivity index (χ4v) is 1.75. The number of nitro groups is 1. The maximum absolute atomic E-state index is 10.7. The molecule has 0 spiro atoms. The van der Waals surface area contributed by atoms with Crippen LogP contribution in [0.1, 0.15) is 5.56 Å². The first kappa shape index (κ1) is 14.3. The highest BCUT2D eigenvalue weighted by molar-refractivity contribution is 5.87. The molecule has 0 fully saturated rings. The van der Waals surface area contributed by atoms with Gasteiger partial charge in [0.2, 0.25) is 0 Å². The van der Waals surface area contributed by atoms with E-state index in [4.69, 9.17) is 5.73 Å². The summed E-state index contributed by atoms with van der Waals surface area (Å²) >= 11 is 0. The summed E-state index contributed by atoms with van der Waals surface area (Å²) in [5, 5.41) is 16.2. The Labute approximate surface area is 120 Å². The molecule has 0 radical (unpaired) electrons. The van der Waals surface area contributed by atoms with Gasteiger partial charge in [0, 0.05) is 30.1 Å². The molecule has 0 aliphatic carbocycles. The number of non-ortho nitro benzene ring substituents is 1. The van der Waals surface area contributed by atoms with Gasteiger partial charge in [-0.1, -0.05) is 12.1 Å². The van der Waals surface area contributed by atoms with E-state index in [1.54, 1.807) is 24.3 Å². The third-order valence-corrected chi connectivity index (χ3v) is 2.80.